The summed E-state index contributed by atoms with van der Waals surface area (Å²) in [5.74, 6) is -0.253. The van der Waals surface area contributed by atoms with Crippen molar-refractivity contribution in [2.45, 2.75) is 38.1 Å². The Morgan fingerprint density at radius 2 is 1.79 bits per heavy atom. The molecule has 0 spiro atoms. The Hall–Kier alpha value is -3.61. The van der Waals surface area contributed by atoms with Gasteiger partial charge in [0.25, 0.3) is 15.9 Å². The molecule has 0 fully saturated rings. The number of sulfonamides is 1. The topological polar surface area (TPSA) is 121 Å². The number of amides is 1. The van der Waals surface area contributed by atoms with Crippen molar-refractivity contribution in [2.75, 3.05) is 4.72 Å². The molecule has 3 rings (SSSR count). The number of carbonyl (C=O) groups excluding carboxylic acids is 1. The SMILES string of the molecule is Cc1cc(C(=O)NC(C)(C)C)c(C#N)c(Oc2cccc(NS(=O)(=O)c3ccc(Cl)cc3)c2)n1. The first-order chi connectivity index (χ1) is 15.9. The lowest BCUT2D eigenvalue weighted by molar-refractivity contribution is 0.0918. The minimum atomic E-state index is -3.86. The molecular weight excluding hydrogens is 476 g/mol. The van der Waals surface area contributed by atoms with Crippen molar-refractivity contribution < 1.29 is 17.9 Å². The van der Waals surface area contributed by atoms with E-state index in [1.807, 2.05) is 26.8 Å². The third-order valence-electron chi connectivity index (χ3n) is 4.38. The first-order valence-electron chi connectivity index (χ1n) is 10.2. The molecule has 0 aliphatic rings. The van der Waals surface area contributed by atoms with Crippen molar-refractivity contribution in [3.8, 4) is 17.7 Å². The first kappa shape index (κ1) is 25.0. The smallest absolute Gasteiger partial charge is 0.261 e. The summed E-state index contributed by atoms with van der Waals surface area (Å²) in [5, 5.41) is 13.0. The Kier molecular flexibility index (Phi) is 7.15. The zero-order chi connectivity index (χ0) is 25.1. The molecule has 0 aliphatic carbocycles. The molecule has 1 amide bonds. The lowest BCUT2D eigenvalue weighted by atomic mass is 10.0. The van der Waals surface area contributed by atoms with Crippen molar-refractivity contribution in [1.82, 2.24) is 10.3 Å². The molecule has 0 saturated heterocycles. The fourth-order valence-corrected chi connectivity index (χ4v) is 4.15. The van der Waals surface area contributed by atoms with Crippen LogP contribution in [0.15, 0.2) is 59.5 Å². The molecule has 10 heteroatoms. The van der Waals surface area contributed by atoms with Gasteiger partial charge >= 0.3 is 0 Å². The van der Waals surface area contributed by atoms with Crippen molar-refractivity contribution in [1.29, 1.82) is 5.26 Å². The van der Waals surface area contributed by atoms with E-state index in [0.717, 1.165) is 0 Å². The molecule has 0 atom stereocenters. The zero-order valence-corrected chi connectivity index (χ0v) is 20.6. The van der Waals surface area contributed by atoms with Gasteiger partial charge in [0.1, 0.15) is 17.4 Å². The van der Waals surface area contributed by atoms with Gasteiger partial charge in [0, 0.05) is 22.3 Å². The Morgan fingerprint density at radius 3 is 2.41 bits per heavy atom. The number of hydrogen-bond donors (Lipinski definition) is 2. The molecule has 8 nitrogen and oxygen atoms in total. The van der Waals surface area contributed by atoms with Gasteiger partial charge in [-0.2, -0.15) is 5.26 Å². The number of nitrogens with one attached hydrogen (secondary N) is 2. The summed E-state index contributed by atoms with van der Waals surface area (Å²) in [7, 11) is -3.86. The number of pyridine rings is 1. The van der Waals surface area contributed by atoms with Crippen LogP contribution < -0.4 is 14.8 Å². The van der Waals surface area contributed by atoms with Crippen LogP contribution in [0.25, 0.3) is 0 Å². The van der Waals surface area contributed by atoms with Gasteiger partial charge in [-0.25, -0.2) is 13.4 Å². The van der Waals surface area contributed by atoms with Crippen LogP contribution in [0.3, 0.4) is 0 Å². The van der Waals surface area contributed by atoms with Gasteiger partial charge in [0.15, 0.2) is 0 Å². The van der Waals surface area contributed by atoms with Crippen LogP contribution in [0.1, 0.15) is 42.4 Å². The number of benzene rings is 2. The van der Waals surface area contributed by atoms with Crippen LogP contribution in [0.2, 0.25) is 5.02 Å². The summed E-state index contributed by atoms with van der Waals surface area (Å²) >= 11 is 5.83. The highest BCUT2D eigenvalue weighted by atomic mass is 35.5. The van der Waals surface area contributed by atoms with E-state index < -0.39 is 21.5 Å². The third-order valence-corrected chi connectivity index (χ3v) is 6.03. The van der Waals surface area contributed by atoms with Crippen molar-refractivity contribution in [3.63, 3.8) is 0 Å². The predicted molar refractivity (Wildman–Crippen MR) is 130 cm³/mol. The van der Waals surface area contributed by atoms with Gasteiger partial charge in [-0.1, -0.05) is 17.7 Å². The average molecular weight is 499 g/mol. The van der Waals surface area contributed by atoms with E-state index in [1.165, 1.54) is 36.4 Å². The number of aromatic nitrogens is 1. The first-order valence-corrected chi connectivity index (χ1v) is 12.0. The second kappa shape index (κ2) is 9.71. The molecular formula is C24H23ClN4O4S. The number of nitrogens with zero attached hydrogens (tertiary/aromatic N) is 2. The van der Waals surface area contributed by atoms with Crippen molar-refractivity contribution in [3.05, 3.63) is 76.4 Å². The van der Waals surface area contributed by atoms with Crippen LogP contribution in [0, 0.1) is 18.3 Å². The number of hydrogen-bond acceptors (Lipinski definition) is 6. The zero-order valence-electron chi connectivity index (χ0n) is 19.0. The molecule has 176 valence electrons. The number of rotatable bonds is 6. The second-order valence-electron chi connectivity index (χ2n) is 8.50. The molecule has 3 aromatic rings. The minimum absolute atomic E-state index is 0.0282. The van der Waals surface area contributed by atoms with E-state index in [0.29, 0.717) is 10.7 Å². The maximum absolute atomic E-state index is 12.7. The highest BCUT2D eigenvalue weighted by Gasteiger charge is 2.23. The van der Waals surface area contributed by atoms with Gasteiger partial charge < -0.3 is 10.1 Å². The summed E-state index contributed by atoms with van der Waals surface area (Å²) in [5.41, 5.74) is 0.327. The molecule has 0 radical (unpaired) electrons. The van der Waals surface area contributed by atoms with Gasteiger partial charge in [-0.05, 0) is 70.2 Å². The van der Waals surface area contributed by atoms with Crippen LogP contribution in [0.4, 0.5) is 5.69 Å². The number of carbonyl (C=O) groups is 1. The Labute approximate surface area is 203 Å². The van der Waals surface area contributed by atoms with E-state index in [1.54, 1.807) is 25.1 Å². The summed E-state index contributed by atoms with van der Waals surface area (Å²) in [6.07, 6.45) is 0. The van der Waals surface area contributed by atoms with E-state index in [4.69, 9.17) is 16.3 Å². The van der Waals surface area contributed by atoms with E-state index in [2.05, 4.69) is 15.0 Å². The summed E-state index contributed by atoms with van der Waals surface area (Å²) in [6.45, 7) is 7.18. The van der Waals surface area contributed by atoms with E-state index >= 15 is 0 Å². The van der Waals surface area contributed by atoms with Crippen LogP contribution >= 0.6 is 11.6 Å². The number of halogens is 1. The molecule has 0 saturated carbocycles. The van der Waals surface area contributed by atoms with Gasteiger partial charge in [-0.15, -0.1) is 0 Å². The molecule has 2 N–H and O–H groups in total. The quantitative estimate of drug-likeness (QED) is 0.491. The number of ether oxygens (including phenoxy) is 1. The van der Waals surface area contributed by atoms with Crippen LogP contribution in [-0.2, 0) is 10.0 Å². The van der Waals surface area contributed by atoms with E-state index in [-0.39, 0.29) is 33.3 Å². The van der Waals surface area contributed by atoms with Crippen molar-refractivity contribution >= 4 is 33.2 Å². The number of aryl methyl sites for hydroxylation is 1. The monoisotopic (exact) mass is 498 g/mol. The summed E-state index contributed by atoms with van der Waals surface area (Å²) < 4.78 is 33.6. The molecule has 1 aromatic heterocycles. The van der Waals surface area contributed by atoms with Gasteiger partial charge in [0.05, 0.1) is 16.1 Å². The summed E-state index contributed by atoms with van der Waals surface area (Å²) in [4.78, 5) is 17.0. The van der Waals surface area contributed by atoms with Crippen LogP contribution in [0.5, 0.6) is 11.6 Å². The standard InChI is InChI=1S/C24H23ClN4O4S/c1-15-12-20(22(30)28-24(2,3)4)21(14-26)23(27-15)33-18-7-5-6-17(13-18)29-34(31,32)19-10-8-16(25)9-11-19/h5-13,29H,1-4H3,(H,28,30). The van der Waals surface area contributed by atoms with Gasteiger partial charge in [-0.3, -0.25) is 9.52 Å². The maximum Gasteiger partial charge on any atom is 0.261 e. The fraction of sp³-hybridized carbons (Fsp3) is 0.208. The van der Waals surface area contributed by atoms with E-state index in [9.17, 15) is 18.5 Å². The second-order valence-corrected chi connectivity index (χ2v) is 10.6. The minimum Gasteiger partial charge on any atom is -0.438 e. The molecule has 0 unspecified atom stereocenters. The highest BCUT2D eigenvalue weighted by molar-refractivity contribution is 7.92. The lowest BCUT2D eigenvalue weighted by Crippen LogP contribution is -2.41. The average Bonchev–Trinajstić information content (AvgIpc) is 2.72. The Bertz CT molecular complexity index is 1380. The lowest BCUT2D eigenvalue weighted by Gasteiger charge is -2.21. The van der Waals surface area contributed by atoms with Gasteiger partial charge in [0.2, 0.25) is 5.88 Å². The Balaban J connectivity index is 1.91. The summed E-state index contributed by atoms with van der Waals surface area (Å²) in [6, 6.07) is 15.4. The molecule has 1 heterocycles. The molecule has 2 aromatic carbocycles. The number of anilines is 1. The predicted octanol–water partition coefficient (Wildman–Crippen LogP) is 5.04. The van der Waals surface area contributed by atoms with Crippen LogP contribution in [-0.4, -0.2) is 24.8 Å². The fourth-order valence-electron chi connectivity index (χ4n) is 2.98. The molecule has 34 heavy (non-hydrogen) atoms. The van der Waals surface area contributed by atoms with Crippen molar-refractivity contribution in [2.24, 2.45) is 0 Å². The normalized spacial score (nSPS) is 11.4. The third kappa shape index (κ3) is 6.25. The largest absolute Gasteiger partial charge is 0.438 e. The highest BCUT2D eigenvalue weighted by Crippen LogP contribution is 2.29. The number of nitriles is 1. The molecule has 0 aliphatic heterocycles. The maximum atomic E-state index is 12.7. The molecule has 0 bridgehead atoms. The Morgan fingerprint density at radius 1 is 1.12 bits per heavy atom.